The van der Waals surface area contributed by atoms with Gasteiger partial charge < -0.3 is 10.5 Å². The lowest BCUT2D eigenvalue weighted by Crippen LogP contribution is -2.36. The number of hydrogen-bond donors (Lipinski definition) is 1. The molecule has 6 nitrogen and oxygen atoms in total. The van der Waals surface area contributed by atoms with Gasteiger partial charge in [-0.1, -0.05) is 0 Å². The number of hydrogen-bond acceptors (Lipinski definition) is 6. The molecular formula is C10H13N5O. The first-order valence-electron chi connectivity index (χ1n) is 5.11. The minimum absolute atomic E-state index is 0.251. The number of rotatable bonds is 2. The zero-order chi connectivity index (χ0) is 11.4. The summed E-state index contributed by atoms with van der Waals surface area (Å²) < 4.78 is 5.25. The maximum absolute atomic E-state index is 8.69. The highest BCUT2D eigenvalue weighted by Gasteiger charge is 2.12. The van der Waals surface area contributed by atoms with Crippen molar-refractivity contribution < 1.29 is 4.74 Å². The average Bonchev–Trinajstić information content (AvgIpc) is 2.31. The van der Waals surface area contributed by atoms with Gasteiger partial charge in [-0.25, -0.2) is 9.97 Å². The summed E-state index contributed by atoms with van der Waals surface area (Å²) in [6, 6.07) is 1.94. The van der Waals surface area contributed by atoms with Crippen LogP contribution in [-0.4, -0.2) is 41.2 Å². The van der Waals surface area contributed by atoms with Gasteiger partial charge in [-0.05, 0) is 0 Å². The maximum atomic E-state index is 8.69. The molecule has 1 aliphatic heterocycles. The zero-order valence-corrected chi connectivity index (χ0v) is 8.89. The summed E-state index contributed by atoms with van der Waals surface area (Å²) in [5, 5.41) is 8.69. The second-order valence-corrected chi connectivity index (χ2v) is 3.59. The van der Waals surface area contributed by atoms with E-state index in [2.05, 4.69) is 14.9 Å². The molecule has 0 aromatic carbocycles. The Kier molecular flexibility index (Phi) is 3.29. The van der Waals surface area contributed by atoms with Gasteiger partial charge >= 0.3 is 0 Å². The number of nitrogen functional groups attached to an aromatic ring is 1. The van der Waals surface area contributed by atoms with E-state index in [1.54, 1.807) is 0 Å². The number of aromatic nitrogens is 2. The molecule has 0 radical (unpaired) electrons. The second-order valence-electron chi connectivity index (χ2n) is 3.59. The molecule has 1 aromatic heterocycles. The monoisotopic (exact) mass is 219 g/mol. The lowest BCUT2D eigenvalue weighted by Gasteiger charge is -2.25. The first kappa shape index (κ1) is 10.8. The summed E-state index contributed by atoms with van der Waals surface area (Å²) in [5.41, 5.74) is 5.94. The van der Waals surface area contributed by atoms with E-state index in [1.165, 1.54) is 6.20 Å². The fraction of sp³-hybridized carbons (Fsp3) is 0.500. The molecule has 1 fully saturated rings. The third kappa shape index (κ3) is 2.45. The fourth-order valence-corrected chi connectivity index (χ4v) is 1.55. The van der Waals surface area contributed by atoms with Crippen LogP contribution in [0.3, 0.4) is 0 Å². The second kappa shape index (κ2) is 4.88. The van der Waals surface area contributed by atoms with Crippen molar-refractivity contribution in [3.05, 3.63) is 17.6 Å². The number of nitriles is 1. The quantitative estimate of drug-likeness (QED) is 0.738. The molecule has 0 spiro atoms. The Balaban J connectivity index is 2.04. The molecule has 6 heteroatoms. The molecule has 2 N–H and O–H groups in total. The van der Waals surface area contributed by atoms with Crippen molar-refractivity contribution in [3.8, 4) is 6.07 Å². The number of nitrogens with two attached hydrogens (primary N) is 1. The standard InChI is InChI=1S/C10H13N5O/c11-5-8-6-13-9(14-10(8)12)7-15-1-3-16-4-2-15/h6H,1-4,7H2,(H2,12,13,14). The third-order valence-electron chi connectivity index (χ3n) is 2.46. The molecule has 0 aliphatic carbocycles. The van der Waals surface area contributed by atoms with Crippen LogP contribution in [0.2, 0.25) is 0 Å². The highest BCUT2D eigenvalue weighted by atomic mass is 16.5. The number of anilines is 1. The van der Waals surface area contributed by atoms with Gasteiger partial charge in [-0.2, -0.15) is 5.26 Å². The molecule has 84 valence electrons. The highest BCUT2D eigenvalue weighted by molar-refractivity contribution is 5.46. The number of ether oxygens (including phenoxy) is 1. The molecular weight excluding hydrogens is 206 g/mol. The van der Waals surface area contributed by atoms with Crippen LogP contribution in [0.5, 0.6) is 0 Å². The summed E-state index contributed by atoms with van der Waals surface area (Å²) in [7, 11) is 0. The Labute approximate surface area is 93.7 Å². The van der Waals surface area contributed by atoms with Crippen LogP contribution < -0.4 is 5.73 Å². The Morgan fingerprint density at radius 3 is 2.88 bits per heavy atom. The Hall–Kier alpha value is -1.71. The van der Waals surface area contributed by atoms with E-state index in [0.717, 1.165) is 26.3 Å². The Morgan fingerprint density at radius 2 is 2.25 bits per heavy atom. The zero-order valence-electron chi connectivity index (χ0n) is 8.89. The lowest BCUT2D eigenvalue weighted by atomic mass is 10.3. The van der Waals surface area contributed by atoms with Crippen LogP contribution in [0.25, 0.3) is 0 Å². The summed E-state index contributed by atoms with van der Waals surface area (Å²) in [6.45, 7) is 3.89. The minimum atomic E-state index is 0.251. The molecule has 0 unspecified atom stereocenters. The molecule has 2 heterocycles. The smallest absolute Gasteiger partial charge is 0.145 e. The van der Waals surface area contributed by atoms with Gasteiger partial charge in [0.15, 0.2) is 0 Å². The van der Waals surface area contributed by atoms with E-state index in [0.29, 0.717) is 17.9 Å². The summed E-state index contributed by atoms with van der Waals surface area (Å²) >= 11 is 0. The molecule has 16 heavy (non-hydrogen) atoms. The minimum Gasteiger partial charge on any atom is -0.382 e. The topological polar surface area (TPSA) is 88.1 Å². The van der Waals surface area contributed by atoms with Crippen LogP contribution in [0.4, 0.5) is 5.82 Å². The molecule has 0 atom stereocenters. The highest BCUT2D eigenvalue weighted by Crippen LogP contribution is 2.08. The van der Waals surface area contributed by atoms with Crippen molar-refractivity contribution in [2.24, 2.45) is 0 Å². The van der Waals surface area contributed by atoms with Crippen molar-refractivity contribution >= 4 is 5.82 Å². The molecule has 1 aliphatic rings. The molecule has 1 aromatic rings. The predicted molar refractivity (Wildman–Crippen MR) is 57.3 cm³/mol. The molecule has 0 saturated carbocycles. The first-order valence-corrected chi connectivity index (χ1v) is 5.11. The van der Waals surface area contributed by atoms with Crippen LogP contribution in [0, 0.1) is 11.3 Å². The number of nitrogens with zero attached hydrogens (tertiary/aromatic N) is 4. The van der Waals surface area contributed by atoms with Gasteiger partial charge in [-0.15, -0.1) is 0 Å². The van der Waals surface area contributed by atoms with Crippen molar-refractivity contribution in [3.63, 3.8) is 0 Å². The average molecular weight is 219 g/mol. The van der Waals surface area contributed by atoms with Crippen LogP contribution in [0.1, 0.15) is 11.4 Å². The van der Waals surface area contributed by atoms with E-state index in [1.807, 2.05) is 6.07 Å². The molecule has 0 amide bonds. The summed E-state index contributed by atoms with van der Waals surface area (Å²) in [4.78, 5) is 10.4. The fourth-order valence-electron chi connectivity index (χ4n) is 1.55. The largest absolute Gasteiger partial charge is 0.382 e. The van der Waals surface area contributed by atoms with Crippen molar-refractivity contribution in [2.45, 2.75) is 6.54 Å². The van der Waals surface area contributed by atoms with Gasteiger partial charge in [0, 0.05) is 13.1 Å². The SMILES string of the molecule is N#Cc1cnc(CN2CCOCC2)nc1N. The predicted octanol–water partition coefficient (Wildman–Crippen LogP) is -0.237. The van der Waals surface area contributed by atoms with Crippen molar-refractivity contribution in [1.29, 1.82) is 5.26 Å². The van der Waals surface area contributed by atoms with Crippen LogP contribution in [0.15, 0.2) is 6.20 Å². The van der Waals surface area contributed by atoms with Gasteiger partial charge in [-0.3, -0.25) is 4.90 Å². The molecule has 0 bridgehead atoms. The van der Waals surface area contributed by atoms with E-state index >= 15 is 0 Å². The first-order chi connectivity index (χ1) is 7.79. The molecule has 2 rings (SSSR count). The van der Waals surface area contributed by atoms with E-state index in [-0.39, 0.29) is 5.82 Å². The summed E-state index contributed by atoms with van der Waals surface area (Å²) in [5.74, 6) is 0.902. The normalized spacial score (nSPS) is 16.9. The Morgan fingerprint density at radius 1 is 1.50 bits per heavy atom. The van der Waals surface area contributed by atoms with Crippen molar-refractivity contribution in [2.75, 3.05) is 32.0 Å². The Bertz CT molecular complexity index is 408. The van der Waals surface area contributed by atoms with E-state index in [9.17, 15) is 0 Å². The van der Waals surface area contributed by atoms with Gasteiger partial charge in [0.2, 0.25) is 0 Å². The van der Waals surface area contributed by atoms with E-state index in [4.69, 9.17) is 15.7 Å². The van der Waals surface area contributed by atoms with Gasteiger partial charge in [0.05, 0.1) is 26.0 Å². The van der Waals surface area contributed by atoms with Gasteiger partial charge in [0.1, 0.15) is 23.3 Å². The third-order valence-corrected chi connectivity index (χ3v) is 2.46. The molecule has 1 saturated heterocycles. The van der Waals surface area contributed by atoms with Crippen molar-refractivity contribution in [1.82, 2.24) is 14.9 Å². The van der Waals surface area contributed by atoms with E-state index < -0.39 is 0 Å². The summed E-state index contributed by atoms with van der Waals surface area (Å²) in [6.07, 6.45) is 1.47. The van der Waals surface area contributed by atoms with Gasteiger partial charge in [0.25, 0.3) is 0 Å². The van der Waals surface area contributed by atoms with Crippen LogP contribution >= 0.6 is 0 Å². The lowest BCUT2D eigenvalue weighted by molar-refractivity contribution is 0.0331. The number of morpholine rings is 1. The van der Waals surface area contributed by atoms with Crippen LogP contribution in [-0.2, 0) is 11.3 Å². The maximum Gasteiger partial charge on any atom is 0.145 e.